The highest BCUT2D eigenvalue weighted by Gasteiger charge is 2.27. The second kappa shape index (κ2) is 5.75. The van der Waals surface area contributed by atoms with Gasteiger partial charge in [-0.15, -0.1) is 0 Å². The van der Waals surface area contributed by atoms with E-state index in [1.54, 1.807) is 0 Å². The van der Waals surface area contributed by atoms with Gasteiger partial charge in [0.15, 0.2) is 0 Å². The SMILES string of the molecule is CCCc1nn2c(c1Br)NCCC2c1cc(F)cc(F)c1. The lowest BCUT2D eigenvalue weighted by Gasteiger charge is -2.26. The maximum Gasteiger partial charge on any atom is 0.139 e. The average molecular weight is 356 g/mol. The van der Waals surface area contributed by atoms with Gasteiger partial charge in [-0.25, -0.2) is 13.5 Å². The lowest BCUT2D eigenvalue weighted by molar-refractivity contribution is 0.470. The van der Waals surface area contributed by atoms with E-state index in [1.165, 1.54) is 12.1 Å². The number of nitrogens with one attached hydrogen (secondary N) is 1. The molecule has 0 saturated carbocycles. The third-order valence-corrected chi connectivity index (χ3v) is 4.51. The third-order valence-electron chi connectivity index (χ3n) is 3.68. The fourth-order valence-electron chi connectivity index (χ4n) is 2.77. The smallest absolute Gasteiger partial charge is 0.139 e. The summed E-state index contributed by atoms with van der Waals surface area (Å²) in [6, 6.07) is 3.52. The Hall–Kier alpha value is -1.43. The fourth-order valence-corrected chi connectivity index (χ4v) is 3.37. The first kappa shape index (κ1) is 14.5. The van der Waals surface area contributed by atoms with Gasteiger partial charge in [-0.1, -0.05) is 13.3 Å². The molecule has 1 atom stereocenters. The maximum atomic E-state index is 13.5. The van der Waals surface area contributed by atoms with Crippen LogP contribution in [0, 0.1) is 11.6 Å². The van der Waals surface area contributed by atoms with E-state index in [-0.39, 0.29) is 6.04 Å². The largest absolute Gasteiger partial charge is 0.369 e. The van der Waals surface area contributed by atoms with Crippen LogP contribution in [0.4, 0.5) is 14.6 Å². The molecule has 112 valence electrons. The van der Waals surface area contributed by atoms with E-state index in [0.29, 0.717) is 5.56 Å². The van der Waals surface area contributed by atoms with Crippen LogP contribution >= 0.6 is 15.9 Å². The molecule has 2 aromatic rings. The van der Waals surface area contributed by atoms with Gasteiger partial charge in [0.1, 0.15) is 17.5 Å². The van der Waals surface area contributed by atoms with Crippen molar-refractivity contribution in [2.24, 2.45) is 0 Å². The third kappa shape index (κ3) is 2.69. The second-order valence-corrected chi connectivity index (χ2v) is 6.03. The van der Waals surface area contributed by atoms with Gasteiger partial charge in [0.05, 0.1) is 16.2 Å². The zero-order valence-electron chi connectivity index (χ0n) is 11.7. The van der Waals surface area contributed by atoms with Crippen molar-refractivity contribution in [2.75, 3.05) is 11.9 Å². The van der Waals surface area contributed by atoms with Gasteiger partial charge in [-0.2, -0.15) is 5.10 Å². The van der Waals surface area contributed by atoms with Crippen molar-refractivity contribution in [3.63, 3.8) is 0 Å². The van der Waals surface area contributed by atoms with Crippen LogP contribution in [0.1, 0.15) is 37.1 Å². The van der Waals surface area contributed by atoms with E-state index in [4.69, 9.17) is 0 Å². The number of aryl methyl sites for hydroxylation is 1. The Kier molecular flexibility index (Phi) is 3.97. The van der Waals surface area contributed by atoms with Crippen LogP contribution in [0.2, 0.25) is 0 Å². The predicted molar refractivity (Wildman–Crippen MR) is 81.5 cm³/mol. The molecule has 0 radical (unpaired) electrons. The molecule has 3 rings (SSSR count). The zero-order chi connectivity index (χ0) is 15.0. The van der Waals surface area contributed by atoms with Crippen LogP contribution in [0.15, 0.2) is 22.7 Å². The molecule has 0 aliphatic carbocycles. The summed E-state index contributed by atoms with van der Waals surface area (Å²) in [5.41, 5.74) is 1.59. The first-order valence-corrected chi connectivity index (χ1v) is 7.86. The van der Waals surface area contributed by atoms with E-state index < -0.39 is 11.6 Å². The Labute approximate surface area is 130 Å². The summed E-state index contributed by atoms with van der Waals surface area (Å²) >= 11 is 3.57. The standard InChI is InChI=1S/C15H16BrF2N3/c1-2-3-12-14(16)15-19-5-4-13(21(15)20-12)9-6-10(17)8-11(18)7-9/h6-8,13,19H,2-5H2,1H3. The first-order chi connectivity index (χ1) is 10.1. The highest BCUT2D eigenvalue weighted by atomic mass is 79.9. The van der Waals surface area contributed by atoms with Gasteiger partial charge in [0, 0.05) is 12.6 Å². The minimum atomic E-state index is -0.551. The molecule has 0 saturated heterocycles. The van der Waals surface area contributed by atoms with Crippen LogP contribution in [0.25, 0.3) is 0 Å². The van der Waals surface area contributed by atoms with Crippen LogP contribution < -0.4 is 5.32 Å². The Morgan fingerprint density at radius 1 is 1.33 bits per heavy atom. The molecule has 0 fully saturated rings. The van der Waals surface area contributed by atoms with Gasteiger partial charge in [0.25, 0.3) is 0 Å². The van der Waals surface area contributed by atoms with Crippen molar-refractivity contribution in [1.82, 2.24) is 9.78 Å². The minimum Gasteiger partial charge on any atom is -0.369 e. The predicted octanol–water partition coefficient (Wildman–Crippen LogP) is 4.28. The van der Waals surface area contributed by atoms with Crippen molar-refractivity contribution < 1.29 is 8.78 Å². The lowest BCUT2D eigenvalue weighted by Crippen LogP contribution is -2.24. The second-order valence-electron chi connectivity index (χ2n) is 5.24. The summed E-state index contributed by atoms with van der Waals surface area (Å²) in [7, 11) is 0. The molecular formula is C15H16BrF2N3. The van der Waals surface area contributed by atoms with Crippen LogP contribution in [-0.4, -0.2) is 16.3 Å². The Morgan fingerprint density at radius 3 is 2.71 bits per heavy atom. The topological polar surface area (TPSA) is 29.9 Å². The number of hydrogen-bond acceptors (Lipinski definition) is 2. The molecule has 1 aliphatic heterocycles. The molecule has 1 unspecified atom stereocenters. The maximum absolute atomic E-state index is 13.5. The lowest BCUT2D eigenvalue weighted by atomic mass is 10.0. The molecule has 6 heteroatoms. The zero-order valence-corrected chi connectivity index (χ0v) is 13.3. The van der Waals surface area contributed by atoms with Crippen LogP contribution in [-0.2, 0) is 6.42 Å². The number of hydrogen-bond donors (Lipinski definition) is 1. The molecule has 0 bridgehead atoms. The highest BCUT2D eigenvalue weighted by molar-refractivity contribution is 9.10. The van der Waals surface area contributed by atoms with E-state index >= 15 is 0 Å². The van der Waals surface area contributed by atoms with Crippen molar-refractivity contribution >= 4 is 21.7 Å². The normalized spacial score (nSPS) is 17.4. The first-order valence-electron chi connectivity index (χ1n) is 7.07. The van der Waals surface area contributed by atoms with Gasteiger partial charge in [-0.3, -0.25) is 0 Å². The van der Waals surface area contributed by atoms with Gasteiger partial charge < -0.3 is 5.32 Å². The summed E-state index contributed by atoms with van der Waals surface area (Å²) in [5.74, 6) is -0.213. The van der Waals surface area contributed by atoms with E-state index in [2.05, 4.69) is 33.3 Å². The van der Waals surface area contributed by atoms with E-state index in [9.17, 15) is 8.78 Å². The molecule has 0 amide bonds. The molecule has 1 aliphatic rings. The summed E-state index contributed by atoms with van der Waals surface area (Å²) in [5, 5.41) is 7.92. The number of rotatable bonds is 3. The average Bonchev–Trinajstić information content (AvgIpc) is 2.75. The van der Waals surface area contributed by atoms with Crippen molar-refractivity contribution in [3.05, 3.63) is 45.6 Å². The highest BCUT2D eigenvalue weighted by Crippen LogP contribution is 2.36. The number of nitrogens with zero attached hydrogens (tertiary/aromatic N) is 2. The molecule has 3 nitrogen and oxygen atoms in total. The van der Waals surface area contributed by atoms with E-state index in [0.717, 1.165) is 47.9 Å². The molecule has 1 aromatic heterocycles. The van der Waals surface area contributed by atoms with Gasteiger partial charge >= 0.3 is 0 Å². The Morgan fingerprint density at radius 2 is 2.05 bits per heavy atom. The van der Waals surface area contributed by atoms with Crippen molar-refractivity contribution in [1.29, 1.82) is 0 Å². The quantitative estimate of drug-likeness (QED) is 0.890. The van der Waals surface area contributed by atoms with Crippen molar-refractivity contribution in [3.8, 4) is 0 Å². The number of anilines is 1. The molecule has 1 N–H and O–H groups in total. The fraction of sp³-hybridized carbons (Fsp3) is 0.400. The molecule has 21 heavy (non-hydrogen) atoms. The monoisotopic (exact) mass is 355 g/mol. The van der Waals surface area contributed by atoms with Gasteiger partial charge in [0.2, 0.25) is 0 Å². The summed E-state index contributed by atoms with van der Waals surface area (Å²) in [6.45, 7) is 2.84. The van der Waals surface area contributed by atoms with Gasteiger partial charge in [-0.05, 0) is 46.5 Å². The number of halogens is 3. The molecule has 1 aromatic carbocycles. The summed E-state index contributed by atoms with van der Waals surface area (Å²) < 4.78 is 29.7. The summed E-state index contributed by atoms with van der Waals surface area (Å²) in [6.07, 6.45) is 2.61. The van der Waals surface area contributed by atoms with Crippen molar-refractivity contribution in [2.45, 2.75) is 32.2 Å². The molecule has 0 spiro atoms. The summed E-state index contributed by atoms with van der Waals surface area (Å²) in [4.78, 5) is 0. The van der Waals surface area contributed by atoms with Crippen LogP contribution in [0.5, 0.6) is 0 Å². The number of benzene rings is 1. The van der Waals surface area contributed by atoms with Crippen LogP contribution in [0.3, 0.4) is 0 Å². The number of aromatic nitrogens is 2. The Balaban J connectivity index is 2.05. The van der Waals surface area contributed by atoms with E-state index in [1.807, 2.05) is 4.68 Å². The Bertz CT molecular complexity index is 649. The molecule has 2 heterocycles. The minimum absolute atomic E-state index is 0.145. The molecular weight excluding hydrogens is 340 g/mol. The number of fused-ring (bicyclic) bond motifs is 1.